The number of anilines is 1. The van der Waals surface area contributed by atoms with Crippen LogP contribution in [0.2, 0.25) is 5.02 Å². The molecule has 6 heteroatoms. The molecule has 0 aliphatic heterocycles. The maximum atomic E-state index is 12.1. The molecule has 0 spiro atoms. The summed E-state index contributed by atoms with van der Waals surface area (Å²) in [6.45, 7) is 0. The van der Waals surface area contributed by atoms with Crippen LogP contribution < -0.4 is 5.32 Å². The van der Waals surface area contributed by atoms with Gasteiger partial charge in [0.1, 0.15) is 0 Å². The number of rotatable bonds is 4. The highest BCUT2D eigenvalue weighted by Crippen LogP contribution is 2.30. The van der Waals surface area contributed by atoms with Gasteiger partial charge in [0.15, 0.2) is 6.04 Å². The van der Waals surface area contributed by atoms with E-state index >= 15 is 0 Å². The summed E-state index contributed by atoms with van der Waals surface area (Å²) < 4.78 is 6.63. The molecule has 0 amide bonds. The van der Waals surface area contributed by atoms with Gasteiger partial charge in [0.25, 0.3) is 0 Å². The highest BCUT2D eigenvalue weighted by atomic mass is 79.9. The Bertz CT molecular complexity index is 647. The number of carbonyl (C=O) groups excluding carboxylic acids is 1. The topological polar surface area (TPSA) is 38.3 Å². The highest BCUT2D eigenvalue weighted by molar-refractivity contribution is 9.10. The van der Waals surface area contributed by atoms with Gasteiger partial charge in [-0.1, -0.05) is 43.5 Å². The monoisotopic (exact) mass is 431 g/mol. The van der Waals surface area contributed by atoms with Crippen molar-refractivity contribution in [3.05, 3.63) is 62.0 Å². The van der Waals surface area contributed by atoms with E-state index in [-0.39, 0.29) is 5.97 Å². The first-order chi connectivity index (χ1) is 10.0. The Hall–Kier alpha value is -1.04. The summed E-state index contributed by atoms with van der Waals surface area (Å²) in [6, 6.07) is 12.2. The summed E-state index contributed by atoms with van der Waals surface area (Å²) >= 11 is 12.8. The van der Waals surface area contributed by atoms with Crippen LogP contribution in [0.1, 0.15) is 11.6 Å². The van der Waals surface area contributed by atoms with Gasteiger partial charge in [-0.25, -0.2) is 4.79 Å². The molecule has 0 heterocycles. The summed E-state index contributed by atoms with van der Waals surface area (Å²) in [6.07, 6.45) is 0. The summed E-state index contributed by atoms with van der Waals surface area (Å²) in [5.74, 6) is -0.388. The lowest BCUT2D eigenvalue weighted by molar-refractivity contribution is -0.141. The Kier molecular flexibility index (Phi) is 5.67. The standard InChI is InChI=1S/C15H12Br2ClNO2/c1-21-15(20)14(12-8-10(18)4-7-13(12)17)19-11-5-2-9(16)3-6-11/h2-8,14,19H,1H3. The lowest BCUT2D eigenvalue weighted by Gasteiger charge is -2.19. The molecule has 1 unspecified atom stereocenters. The third-order valence-corrected chi connectivity index (χ3v) is 4.35. The molecule has 110 valence electrons. The average molecular weight is 434 g/mol. The Morgan fingerprint density at radius 1 is 1.19 bits per heavy atom. The van der Waals surface area contributed by atoms with E-state index in [4.69, 9.17) is 16.3 Å². The number of carbonyl (C=O) groups is 1. The minimum atomic E-state index is -0.649. The molecule has 2 aromatic rings. The maximum Gasteiger partial charge on any atom is 0.333 e. The predicted molar refractivity (Wildman–Crippen MR) is 91.7 cm³/mol. The number of esters is 1. The van der Waals surface area contributed by atoms with Crippen LogP contribution in [0.4, 0.5) is 5.69 Å². The first-order valence-electron chi connectivity index (χ1n) is 6.06. The van der Waals surface area contributed by atoms with E-state index in [0.717, 1.165) is 20.2 Å². The maximum absolute atomic E-state index is 12.1. The third kappa shape index (κ3) is 4.22. The van der Waals surface area contributed by atoms with Crippen LogP contribution in [0.5, 0.6) is 0 Å². The van der Waals surface area contributed by atoms with Gasteiger partial charge in [-0.2, -0.15) is 0 Å². The van der Waals surface area contributed by atoms with Gasteiger partial charge in [0.05, 0.1) is 7.11 Å². The summed E-state index contributed by atoms with van der Waals surface area (Å²) in [4.78, 5) is 12.1. The van der Waals surface area contributed by atoms with Gasteiger partial charge >= 0.3 is 5.97 Å². The molecular formula is C15H12Br2ClNO2. The largest absolute Gasteiger partial charge is 0.467 e. The number of methoxy groups -OCH3 is 1. The first kappa shape index (κ1) is 16.3. The Morgan fingerprint density at radius 3 is 2.48 bits per heavy atom. The summed E-state index contributed by atoms with van der Waals surface area (Å²) in [7, 11) is 1.36. The minimum absolute atomic E-state index is 0.388. The van der Waals surface area contributed by atoms with Crippen molar-refractivity contribution < 1.29 is 9.53 Å². The van der Waals surface area contributed by atoms with Gasteiger partial charge in [-0.3, -0.25) is 0 Å². The van der Waals surface area contributed by atoms with Crippen LogP contribution in [0.25, 0.3) is 0 Å². The molecule has 0 radical (unpaired) electrons. The number of hydrogen-bond donors (Lipinski definition) is 1. The van der Waals surface area contributed by atoms with E-state index < -0.39 is 6.04 Å². The van der Waals surface area contributed by atoms with Crippen molar-refractivity contribution in [1.29, 1.82) is 0 Å². The Morgan fingerprint density at radius 2 is 1.86 bits per heavy atom. The van der Waals surface area contributed by atoms with Crippen LogP contribution in [0, 0.1) is 0 Å². The number of nitrogens with one attached hydrogen (secondary N) is 1. The Balaban J connectivity index is 2.36. The van der Waals surface area contributed by atoms with Crippen LogP contribution in [0.3, 0.4) is 0 Å². The predicted octanol–water partition coefficient (Wildman–Crippen LogP) is 5.19. The van der Waals surface area contributed by atoms with E-state index in [1.807, 2.05) is 24.3 Å². The molecule has 0 aliphatic rings. The molecule has 0 saturated heterocycles. The second kappa shape index (κ2) is 7.29. The molecule has 2 rings (SSSR count). The smallest absolute Gasteiger partial charge is 0.333 e. The van der Waals surface area contributed by atoms with Crippen LogP contribution >= 0.6 is 43.5 Å². The molecular weight excluding hydrogens is 421 g/mol. The molecule has 1 N–H and O–H groups in total. The number of halogens is 3. The van der Waals surface area contributed by atoms with Crippen molar-refractivity contribution >= 4 is 55.1 Å². The van der Waals surface area contributed by atoms with Crippen LogP contribution in [-0.4, -0.2) is 13.1 Å². The van der Waals surface area contributed by atoms with Gasteiger partial charge in [-0.15, -0.1) is 0 Å². The van der Waals surface area contributed by atoms with Crippen LogP contribution in [-0.2, 0) is 9.53 Å². The molecule has 0 bridgehead atoms. The van der Waals surface area contributed by atoms with Crippen molar-refractivity contribution in [2.45, 2.75) is 6.04 Å². The fourth-order valence-corrected chi connectivity index (χ4v) is 2.75. The first-order valence-corrected chi connectivity index (χ1v) is 8.02. The lowest BCUT2D eigenvalue weighted by atomic mass is 10.1. The molecule has 0 aromatic heterocycles. The zero-order valence-corrected chi connectivity index (χ0v) is 15.0. The molecule has 21 heavy (non-hydrogen) atoms. The fraction of sp³-hybridized carbons (Fsp3) is 0.133. The lowest BCUT2D eigenvalue weighted by Crippen LogP contribution is -2.22. The third-order valence-electron chi connectivity index (χ3n) is 2.86. The fourth-order valence-electron chi connectivity index (χ4n) is 1.83. The minimum Gasteiger partial charge on any atom is -0.467 e. The van der Waals surface area contributed by atoms with Crippen molar-refractivity contribution in [3.8, 4) is 0 Å². The zero-order chi connectivity index (χ0) is 15.4. The van der Waals surface area contributed by atoms with Crippen molar-refractivity contribution in [1.82, 2.24) is 0 Å². The second-order valence-electron chi connectivity index (χ2n) is 4.27. The van der Waals surface area contributed by atoms with E-state index in [0.29, 0.717) is 5.02 Å². The number of ether oxygens (including phenoxy) is 1. The SMILES string of the molecule is COC(=O)C(Nc1ccc(Br)cc1)c1cc(Cl)ccc1Br. The number of benzene rings is 2. The van der Waals surface area contributed by atoms with Crippen molar-refractivity contribution in [3.63, 3.8) is 0 Å². The van der Waals surface area contributed by atoms with E-state index in [2.05, 4.69) is 37.2 Å². The second-order valence-corrected chi connectivity index (χ2v) is 6.48. The zero-order valence-electron chi connectivity index (χ0n) is 11.1. The Labute approximate surface area is 144 Å². The molecule has 2 aromatic carbocycles. The molecule has 0 aliphatic carbocycles. The van der Waals surface area contributed by atoms with E-state index in [9.17, 15) is 4.79 Å². The van der Waals surface area contributed by atoms with E-state index in [1.54, 1.807) is 18.2 Å². The molecule has 3 nitrogen and oxygen atoms in total. The van der Waals surface area contributed by atoms with Gasteiger partial charge in [0, 0.05) is 25.2 Å². The summed E-state index contributed by atoms with van der Waals surface area (Å²) in [5.41, 5.74) is 1.53. The van der Waals surface area contributed by atoms with Crippen molar-refractivity contribution in [2.24, 2.45) is 0 Å². The summed E-state index contributed by atoms with van der Waals surface area (Å²) in [5, 5.41) is 3.71. The quantitative estimate of drug-likeness (QED) is 0.675. The van der Waals surface area contributed by atoms with Gasteiger partial charge in [-0.05, 0) is 42.5 Å². The van der Waals surface area contributed by atoms with E-state index in [1.165, 1.54) is 7.11 Å². The molecule has 0 saturated carbocycles. The van der Waals surface area contributed by atoms with Crippen LogP contribution in [0.15, 0.2) is 51.4 Å². The normalized spacial score (nSPS) is 11.8. The number of hydrogen-bond acceptors (Lipinski definition) is 3. The van der Waals surface area contributed by atoms with Gasteiger partial charge < -0.3 is 10.1 Å². The average Bonchev–Trinajstić information content (AvgIpc) is 2.48. The van der Waals surface area contributed by atoms with Crippen molar-refractivity contribution in [2.75, 3.05) is 12.4 Å². The molecule has 0 fully saturated rings. The molecule has 1 atom stereocenters. The highest BCUT2D eigenvalue weighted by Gasteiger charge is 2.23. The van der Waals surface area contributed by atoms with Gasteiger partial charge in [0.2, 0.25) is 0 Å².